The molecule has 0 amide bonds. The lowest BCUT2D eigenvalue weighted by molar-refractivity contribution is 0.890. The Kier molecular flexibility index (Phi) is 6.85. The van der Waals surface area contributed by atoms with Crippen LogP contribution in [0.4, 0.5) is 17.1 Å². The van der Waals surface area contributed by atoms with Crippen LogP contribution >= 0.6 is 0 Å². The Bertz CT molecular complexity index is 1840. The molecular formula is C38H28N4. The summed E-state index contributed by atoms with van der Waals surface area (Å²) >= 11 is 0. The average Bonchev–Trinajstić information content (AvgIpc) is 3.53. The van der Waals surface area contributed by atoms with E-state index >= 15 is 0 Å². The van der Waals surface area contributed by atoms with Crippen LogP contribution in [0, 0.1) is 0 Å². The van der Waals surface area contributed by atoms with Crippen LogP contribution in [-0.2, 0) is 0 Å². The maximum absolute atomic E-state index is 4.93. The number of anilines is 3. The van der Waals surface area contributed by atoms with Crippen molar-refractivity contribution < 1.29 is 0 Å². The summed E-state index contributed by atoms with van der Waals surface area (Å²) in [5.74, 6) is 1.52. The number of nitrogens with zero attached hydrogens (tertiary/aromatic N) is 4. The van der Waals surface area contributed by atoms with E-state index in [0.29, 0.717) is 5.82 Å². The number of rotatable bonds is 7. The van der Waals surface area contributed by atoms with Gasteiger partial charge in [0.25, 0.3) is 0 Å². The highest BCUT2D eigenvalue weighted by Gasteiger charge is 2.16. The molecule has 0 radical (unpaired) electrons. The third-order valence-corrected chi connectivity index (χ3v) is 7.27. The molecule has 0 fully saturated rings. The molecular weight excluding hydrogens is 512 g/mol. The van der Waals surface area contributed by atoms with Gasteiger partial charge in [-0.25, -0.2) is 9.67 Å². The Labute approximate surface area is 245 Å². The maximum Gasteiger partial charge on any atom is 0.182 e. The minimum atomic E-state index is 0.704. The third-order valence-electron chi connectivity index (χ3n) is 7.27. The summed E-state index contributed by atoms with van der Waals surface area (Å²) in [5, 5.41) is 4.92. The van der Waals surface area contributed by atoms with Crippen molar-refractivity contribution in [3.63, 3.8) is 0 Å². The molecule has 0 N–H and O–H groups in total. The van der Waals surface area contributed by atoms with Gasteiger partial charge in [0.1, 0.15) is 0 Å². The monoisotopic (exact) mass is 540 g/mol. The minimum absolute atomic E-state index is 0.704. The van der Waals surface area contributed by atoms with Gasteiger partial charge in [-0.05, 0) is 59.7 Å². The second-order valence-electron chi connectivity index (χ2n) is 10.0. The molecule has 4 heteroatoms. The topological polar surface area (TPSA) is 34.0 Å². The molecule has 1 heterocycles. The van der Waals surface area contributed by atoms with Gasteiger partial charge >= 0.3 is 0 Å². The van der Waals surface area contributed by atoms with Crippen molar-refractivity contribution >= 4 is 17.1 Å². The van der Waals surface area contributed by atoms with Gasteiger partial charge in [0.15, 0.2) is 11.6 Å². The number of hydrogen-bond donors (Lipinski definition) is 0. The Balaban J connectivity index is 1.21. The van der Waals surface area contributed by atoms with Crippen LogP contribution in [-0.4, -0.2) is 14.8 Å². The van der Waals surface area contributed by atoms with Gasteiger partial charge in [-0.1, -0.05) is 121 Å². The normalized spacial score (nSPS) is 10.9. The number of benzene rings is 6. The van der Waals surface area contributed by atoms with Gasteiger partial charge < -0.3 is 4.90 Å². The van der Waals surface area contributed by atoms with Crippen LogP contribution in [0.25, 0.3) is 39.6 Å². The fourth-order valence-electron chi connectivity index (χ4n) is 5.18. The molecule has 0 aliphatic rings. The summed E-state index contributed by atoms with van der Waals surface area (Å²) in [6.45, 7) is 0. The van der Waals surface area contributed by atoms with E-state index in [9.17, 15) is 0 Å². The van der Waals surface area contributed by atoms with Crippen molar-refractivity contribution in [2.24, 2.45) is 0 Å². The maximum atomic E-state index is 4.93. The lowest BCUT2D eigenvalue weighted by atomic mass is 10.0. The van der Waals surface area contributed by atoms with Crippen LogP contribution in [0.3, 0.4) is 0 Å². The highest BCUT2D eigenvalue weighted by atomic mass is 15.4. The van der Waals surface area contributed by atoms with Crippen LogP contribution in [0.2, 0.25) is 0 Å². The number of hydrogen-bond acceptors (Lipinski definition) is 3. The van der Waals surface area contributed by atoms with E-state index in [1.807, 2.05) is 65.3 Å². The molecule has 4 nitrogen and oxygen atoms in total. The molecule has 200 valence electrons. The SMILES string of the molecule is c1ccc(-c2nc(-c3ccccc3)n(-c3ccc(-c4ccc(N(c5ccccc5)c5ccccc5)cc4)cc3)n2)cc1. The standard InChI is InChI=1S/C38H28N4/c1-5-13-31(14-6-1)37-39-38(32-15-7-2-8-16-32)42(40-37)36-27-23-30(24-28-36)29-21-25-35(26-22-29)41(33-17-9-3-10-18-33)34-19-11-4-12-20-34/h1-28H. The largest absolute Gasteiger partial charge is 0.311 e. The highest BCUT2D eigenvalue weighted by molar-refractivity contribution is 5.78. The zero-order chi connectivity index (χ0) is 28.1. The molecule has 7 rings (SSSR count). The number of para-hydroxylation sites is 2. The zero-order valence-electron chi connectivity index (χ0n) is 23.0. The molecule has 0 saturated heterocycles. The summed E-state index contributed by atoms with van der Waals surface area (Å²) in [4.78, 5) is 7.20. The molecule has 0 atom stereocenters. The van der Waals surface area contributed by atoms with Crippen molar-refractivity contribution in [3.05, 3.63) is 170 Å². The predicted octanol–water partition coefficient (Wildman–Crippen LogP) is 9.74. The molecule has 0 aliphatic carbocycles. The van der Waals surface area contributed by atoms with Gasteiger partial charge in [-0.2, -0.15) is 0 Å². The number of aromatic nitrogens is 3. The minimum Gasteiger partial charge on any atom is -0.311 e. The Hall–Kier alpha value is -5.74. The first kappa shape index (κ1) is 25.2. The fourth-order valence-corrected chi connectivity index (χ4v) is 5.18. The molecule has 0 unspecified atom stereocenters. The Morgan fingerprint density at radius 3 is 1.33 bits per heavy atom. The van der Waals surface area contributed by atoms with Crippen molar-refractivity contribution in [3.8, 4) is 39.6 Å². The van der Waals surface area contributed by atoms with Crippen LogP contribution in [0.1, 0.15) is 0 Å². The van der Waals surface area contributed by atoms with E-state index in [1.165, 1.54) is 0 Å². The van der Waals surface area contributed by atoms with Crippen molar-refractivity contribution in [1.82, 2.24) is 14.8 Å². The van der Waals surface area contributed by atoms with E-state index in [2.05, 4.69) is 114 Å². The first-order valence-electron chi connectivity index (χ1n) is 14.0. The summed E-state index contributed by atoms with van der Waals surface area (Å²) in [6, 6.07) is 58.5. The summed E-state index contributed by atoms with van der Waals surface area (Å²) in [5.41, 5.74) is 8.62. The lowest BCUT2D eigenvalue weighted by Gasteiger charge is -2.25. The second kappa shape index (κ2) is 11.4. The molecule has 0 bridgehead atoms. The van der Waals surface area contributed by atoms with Crippen molar-refractivity contribution in [2.75, 3.05) is 4.90 Å². The Morgan fingerprint density at radius 1 is 0.381 bits per heavy atom. The molecule has 1 aromatic heterocycles. The molecule has 6 aromatic carbocycles. The van der Waals surface area contributed by atoms with E-state index < -0.39 is 0 Å². The molecule has 42 heavy (non-hydrogen) atoms. The average molecular weight is 541 g/mol. The van der Waals surface area contributed by atoms with Crippen LogP contribution < -0.4 is 4.90 Å². The fraction of sp³-hybridized carbons (Fsp3) is 0. The van der Waals surface area contributed by atoms with Crippen molar-refractivity contribution in [1.29, 1.82) is 0 Å². The van der Waals surface area contributed by atoms with Crippen molar-refractivity contribution in [2.45, 2.75) is 0 Å². The van der Waals surface area contributed by atoms with E-state index in [4.69, 9.17) is 10.1 Å². The molecule has 7 aromatic rings. The predicted molar refractivity (Wildman–Crippen MR) is 172 cm³/mol. The molecule has 0 saturated carbocycles. The van der Waals surface area contributed by atoms with Gasteiger partial charge in [0.05, 0.1) is 5.69 Å². The first-order chi connectivity index (χ1) is 20.8. The van der Waals surface area contributed by atoms with Gasteiger partial charge in [0, 0.05) is 28.2 Å². The van der Waals surface area contributed by atoms with Gasteiger partial charge in [-0.3, -0.25) is 0 Å². The third kappa shape index (κ3) is 5.09. The summed E-state index contributed by atoms with van der Waals surface area (Å²) in [6.07, 6.45) is 0. The Morgan fingerprint density at radius 2 is 0.810 bits per heavy atom. The summed E-state index contributed by atoms with van der Waals surface area (Å²) in [7, 11) is 0. The highest BCUT2D eigenvalue weighted by Crippen LogP contribution is 2.35. The van der Waals surface area contributed by atoms with E-state index in [-0.39, 0.29) is 0 Å². The zero-order valence-corrected chi connectivity index (χ0v) is 23.0. The van der Waals surface area contributed by atoms with E-state index in [1.54, 1.807) is 0 Å². The van der Waals surface area contributed by atoms with E-state index in [0.717, 1.165) is 50.8 Å². The lowest BCUT2D eigenvalue weighted by Crippen LogP contribution is -2.09. The van der Waals surface area contributed by atoms with Gasteiger partial charge in [0.2, 0.25) is 0 Å². The molecule has 0 aliphatic heterocycles. The second-order valence-corrected chi connectivity index (χ2v) is 10.0. The van der Waals surface area contributed by atoms with Crippen LogP contribution in [0.5, 0.6) is 0 Å². The first-order valence-corrected chi connectivity index (χ1v) is 14.0. The summed E-state index contributed by atoms with van der Waals surface area (Å²) < 4.78 is 1.93. The quantitative estimate of drug-likeness (QED) is 0.202. The smallest absolute Gasteiger partial charge is 0.182 e. The van der Waals surface area contributed by atoms with Crippen LogP contribution in [0.15, 0.2) is 170 Å². The molecule has 0 spiro atoms. The van der Waals surface area contributed by atoms with Gasteiger partial charge in [-0.15, -0.1) is 5.10 Å².